The van der Waals surface area contributed by atoms with Gasteiger partial charge in [0.05, 0.1) is 31.6 Å². The summed E-state index contributed by atoms with van der Waals surface area (Å²) in [5.74, 6) is -0.262. The number of esters is 1. The van der Waals surface area contributed by atoms with Crippen LogP contribution < -0.4 is 10.6 Å². The minimum Gasteiger partial charge on any atom is -0.465 e. The fourth-order valence-corrected chi connectivity index (χ4v) is 4.77. The number of benzene rings is 3. The molecule has 1 fully saturated rings. The van der Waals surface area contributed by atoms with Crippen molar-refractivity contribution in [3.63, 3.8) is 0 Å². The van der Waals surface area contributed by atoms with Crippen molar-refractivity contribution in [1.82, 2.24) is 19.3 Å². The number of hydrogen-bond donors (Lipinski definition) is 2. The van der Waals surface area contributed by atoms with E-state index in [0.29, 0.717) is 65.8 Å². The average molecular weight is 577 g/mol. The van der Waals surface area contributed by atoms with Crippen LogP contribution in [0.1, 0.15) is 31.1 Å². The lowest BCUT2D eigenvalue weighted by molar-refractivity contribution is 0.0303. The Morgan fingerprint density at radius 3 is 2.35 bits per heavy atom. The maximum atomic E-state index is 12.9. The summed E-state index contributed by atoms with van der Waals surface area (Å²) in [6.45, 7) is 2.27. The van der Waals surface area contributed by atoms with Crippen molar-refractivity contribution in [3.05, 3.63) is 108 Å². The molecule has 11 heteroatoms. The molecule has 6 rings (SSSR count). The van der Waals surface area contributed by atoms with E-state index >= 15 is 0 Å². The van der Waals surface area contributed by atoms with Crippen molar-refractivity contribution in [2.45, 2.75) is 0 Å². The molecule has 1 saturated heterocycles. The number of anilines is 3. The number of carbonyl (C=O) groups excluding carboxylic acids is 3. The van der Waals surface area contributed by atoms with Crippen LogP contribution in [0.25, 0.3) is 16.9 Å². The molecule has 2 aromatic heterocycles. The van der Waals surface area contributed by atoms with Crippen LogP contribution in [0.4, 0.5) is 17.2 Å². The number of imidazole rings is 1. The fraction of sp³-hybridized carbons (Fsp3) is 0.156. The van der Waals surface area contributed by atoms with Crippen LogP contribution in [-0.2, 0) is 9.47 Å². The van der Waals surface area contributed by atoms with Crippen LogP contribution in [0.5, 0.6) is 0 Å². The first-order chi connectivity index (χ1) is 21.0. The molecule has 2 N–H and O–H groups in total. The molecule has 11 nitrogen and oxygen atoms in total. The molecule has 0 spiro atoms. The average Bonchev–Trinajstić information content (AvgIpc) is 3.54. The van der Waals surface area contributed by atoms with Gasteiger partial charge in [0, 0.05) is 59.7 Å². The third-order valence-corrected chi connectivity index (χ3v) is 7.05. The van der Waals surface area contributed by atoms with Crippen molar-refractivity contribution in [2.24, 2.45) is 0 Å². The minimum atomic E-state index is -0.466. The van der Waals surface area contributed by atoms with Crippen molar-refractivity contribution in [2.75, 3.05) is 44.0 Å². The summed E-state index contributed by atoms with van der Waals surface area (Å²) < 4.78 is 11.9. The maximum absolute atomic E-state index is 12.9. The van der Waals surface area contributed by atoms with Gasteiger partial charge >= 0.3 is 5.97 Å². The molecular formula is C32H28N6O5. The highest BCUT2D eigenvalue weighted by atomic mass is 16.5. The topological polar surface area (TPSA) is 127 Å². The first-order valence-corrected chi connectivity index (χ1v) is 13.7. The minimum absolute atomic E-state index is 0.0178. The van der Waals surface area contributed by atoms with Crippen molar-refractivity contribution in [1.29, 1.82) is 0 Å². The van der Waals surface area contributed by atoms with Crippen molar-refractivity contribution >= 4 is 40.6 Å². The van der Waals surface area contributed by atoms with Gasteiger partial charge in [-0.25, -0.2) is 14.8 Å². The number of hydrogen-bond acceptors (Lipinski definition) is 8. The molecule has 216 valence electrons. The Morgan fingerprint density at radius 2 is 1.60 bits per heavy atom. The second-order valence-electron chi connectivity index (χ2n) is 9.84. The normalized spacial score (nSPS) is 13.0. The summed E-state index contributed by atoms with van der Waals surface area (Å²) in [4.78, 5) is 48.5. The summed E-state index contributed by atoms with van der Waals surface area (Å²) >= 11 is 0. The van der Waals surface area contributed by atoms with Crippen LogP contribution in [0.2, 0.25) is 0 Å². The van der Waals surface area contributed by atoms with Gasteiger partial charge in [-0.2, -0.15) is 0 Å². The molecule has 0 aliphatic carbocycles. The first-order valence-electron chi connectivity index (χ1n) is 13.7. The molecule has 2 amide bonds. The number of carbonyl (C=O) groups is 3. The number of nitrogens with one attached hydrogen (secondary N) is 2. The van der Waals surface area contributed by atoms with Crippen molar-refractivity contribution < 1.29 is 23.9 Å². The largest absolute Gasteiger partial charge is 0.465 e. The monoisotopic (exact) mass is 576 g/mol. The quantitative estimate of drug-likeness (QED) is 0.268. The number of ether oxygens (including phenoxy) is 2. The molecule has 0 bridgehead atoms. The Hall–Kier alpha value is -5.55. The van der Waals surface area contributed by atoms with Crippen LogP contribution in [0.3, 0.4) is 0 Å². The molecule has 1 aliphatic rings. The molecule has 0 radical (unpaired) electrons. The number of rotatable bonds is 7. The number of methoxy groups -OCH3 is 1. The van der Waals surface area contributed by atoms with E-state index in [4.69, 9.17) is 14.5 Å². The van der Waals surface area contributed by atoms with E-state index in [0.717, 1.165) is 11.3 Å². The first kappa shape index (κ1) is 27.6. The van der Waals surface area contributed by atoms with E-state index in [1.54, 1.807) is 53.6 Å². The molecule has 5 aromatic rings. The predicted octanol–water partition coefficient (Wildman–Crippen LogP) is 4.65. The highest BCUT2D eigenvalue weighted by Gasteiger charge is 2.19. The second-order valence-corrected chi connectivity index (χ2v) is 9.84. The molecule has 0 unspecified atom stereocenters. The summed E-state index contributed by atoms with van der Waals surface area (Å²) in [6, 6.07) is 20.9. The van der Waals surface area contributed by atoms with Gasteiger partial charge in [0.25, 0.3) is 11.8 Å². The standard InChI is InChI=1S/C32H28N6O5/c1-42-32(41)23-7-5-21(6-8-23)30(39)35-26-4-2-3-24(19-26)27-20-38-14-13-33-29(38)28(36-27)34-25-11-9-22(10-12-25)31(40)37-15-17-43-18-16-37/h2-14,19-20H,15-18H2,1H3,(H,34,36)(H,35,39). The van der Waals surface area contributed by atoms with Gasteiger partial charge in [-0.1, -0.05) is 12.1 Å². The number of aromatic nitrogens is 3. The van der Waals surface area contributed by atoms with E-state index in [1.807, 2.05) is 47.1 Å². The van der Waals surface area contributed by atoms with Crippen LogP contribution in [0.15, 0.2) is 91.4 Å². The van der Waals surface area contributed by atoms with Gasteiger partial charge in [0.1, 0.15) is 0 Å². The highest BCUT2D eigenvalue weighted by molar-refractivity contribution is 6.05. The van der Waals surface area contributed by atoms with E-state index in [2.05, 4.69) is 15.6 Å². The lowest BCUT2D eigenvalue weighted by atomic mass is 10.1. The Balaban J connectivity index is 1.21. The van der Waals surface area contributed by atoms with Gasteiger partial charge < -0.3 is 29.4 Å². The summed E-state index contributed by atoms with van der Waals surface area (Å²) in [5.41, 5.74) is 4.79. The summed E-state index contributed by atoms with van der Waals surface area (Å²) in [6.07, 6.45) is 5.39. The van der Waals surface area contributed by atoms with E-state index in [9.17, 15) is 14.4 Å². The number of fused-ring (bicyclic) bond motifs is 1. The Bertz CT molecular complexity index is 1790. The molecule has 3 heterocycles. The number of nitrogens with zero attached hydrogens (tertiary/aromatic N) is 4. The second kappa shape index (κ2) is 12.1. The Kier molecular flexibility index (Phi) is 7.79. The smallest absolute Gasteiger partial charge is 0.337 e. The zero-order valence-corrected chi connectivity index (χ0v) is 23.3. The van der Waals surface area contributed by atoms with Gasteiger partial charge in [-0.3, -0.25) is 9.59 Å². The molecule has 0 saturated carbocycles. The number of morpholine rings is 1. The zero-order valence-electron chi connectivity index (χ0n) is 23.3. The van der Waals surface area contributed by atoms with Gasteiger partial charge in [-0.15, -0.1) is 0 Å². The predicted molar refractivity (Wildman–Crippen MR) is 161 cm³/mol. The lowest BCUT2D eigenvalue weighted by Gasteiger charge is -2.26. The summed E-state index contributed by atoms with van der Waals surface area (Å²) in [5, 5.41) is 6.23. The zero-order chi connectivity index (χ0) is 29.8. The van der Waals surface area contributed by atoms with Crippen molar-refractivity contribution in [3.8, 4) is 11.3 Å². The Labute approximate surface area is 247 Å². The third-order valence-electron chi connectivity index (χ3n) is 7.05. The van der Waals surface area contributed by atoms with Gasteiger partial charge in [0.2, 0.25) is 0 Å². The maximum Gasteiger partial charge on any atom is 0.337 e. The molecular weight excluding hydrogens is 548 g/mol. The fourth-order valence-electron chi connectivity index (χ4n) is 4.77. The highest BCUT2D eigenvalue weighted by Crippen LogP contribution is 2.27. The third kappa shape index (κ3) is 6.07. The number of amides is 2. The van der Waals surface area contributed by atoms with Crippen LogP contribution in [-0.4, -0.2) is 70.5 Å². The molecule has 43 heavy (non-hydrogen) atoms. The molecule has 3 aromatic carbocycles. The summed E-state index contributed by atoms with van der Waals surface area (Å²) in [7, 11) is 1.31. The van der Waals surface area contributed by atoms with E-state index in [-0.39, 0.29) is 11.8 Å². The Morgan fingerprint density at radius 1 is 0.884 bits per heavy atom. The van der Waals surface area contributed by atoms with Crippen LogP contribution >= 0.6 is 0 Å². The molecule has 1 aliphatic heterocycles. The lowest BCUT2D eigenvalue weighted by Crippen LogP contribution is -2.40. The van der Waals surface area contributed by atoms with Crippen LogP contribution in [0, 0.1) is 0 Å². The molecule has 0 atom stereocenters. The SMILES string of the molecule is COC(=O)c1ccc(C(=O)Nc2cccc(-c3cn4ccnc4c(Nc4ccc(C(=O)N5CCOCC5)cc4)n3)c2)cc1. The van der Waals surface area contributed by atoms with Gasteiger partial charge in [0.15, 0.2) is 11.5 Å². The van der Waals surface area contributed by atoms with E-state index < -0.39 is 5.97 Å². The van der Waals surface area contributed by atoms with Gasteiger partial charge in [-0.05, 0) is 60.7 Å². The van der Waals surface area contributed by atoms with E-state index in [1.165, 1.54) is 7.11 Å².